The average Bonchev–Trinajstić information content (AvgIpc) is 3.84. The fourth-order valence-corrected chi connectivity index (χ4v) is 7.39. The zero-order chi connectivity index (χ0) is 36.5. The van der Waals surface area contributed by atoms with E-state index in [1.165, 1.54) is 0 Å². The van der Waals surface area contributed by atoms with Gasteiger partial charge in [0.25, 0.3) is 17.7 Å². The molecule has 2 saturated heterocycles. The molecule has 1 saturated carbocycles. The predicted molar refractivity (Wildman–Crippen MR) is 189 cm³/mol. The first-order chi connectivity index (χ1) is 25.0. The molecule has 3 aromatic rings. The van der Waals surface area contributed by atoms with Gasteiger partial charge >= 0.3 is 6.09 Å². The van der Waals surface area contributed by atoms with Crippen LogP contribution in [-0.4, -0.2) is 100.0 Å². The minimum absolute atomic E-state index is 0.0149. The highest BCUT2D eigenvalue weighted by atomic mass is 16.6. The number of piperazine rings is 1. The monoisotopic (exact) mass is 710 g/mol. The number of nitrogens with zero attached hydrogens (tertiary/aromatic N) is 4. The largest absolute Gasteiger partial charge is 0.446 e. The van der Waals surface area contributed by atoms with Crippen molar-refractivity contribution < 1.29 is 33.5 Å². The summed E-state index contributed by atoms with van der Waals surface area (Å²) in [5.74, 6) is -1.71. The lowest BCUT2D eigenvalue weighted by molar-refractivity contribution is -0.136. The molecule has 3 aliphatic heterocycles. The van der Waals surface area contributed by atoms with Gasteiger partial charge in [0, 0.05) is 74.1 Å². The number of nitrogens with one attached hydrogen (secondary N) is 4. The predicted octanol–water partition coefficient (Wildman–Crippen LogP) is 3.16. The Morgan fingerprint density at radius 2 is 1.67 bits per heavy atom. The Morgan fingerprint density at radius 3 is 2.40 bits per heavy atom. The van der Waals surface area contributed by atoms with Crippen molar-refractivity contribution in [3.63, 3.8) is 0 Å². The lowest BCUT2D eigenvalue weighted by Gasteiger charge is -2.36. The molecule has 6 amide bonds. The number of benzene rings is 2. The minimum Gasteiger partial charge on any atom is -0.446 e. The Hall–Kier alpha value is -5.57. The van der Waals surface area contributed by atoms with Gasteiger partial charge in [0.05, 0.1) is 11.1 Å². The Bertz CT molecular complexity index is 1900. The highest BCUT2D eigenvalue weighted by Gasteiger charge is 2.45. The van der Waals surface area contributed by atoms with Crippen molar-refractivity contribution in [1.82, 2.24) is 30.6 Å². The van der Waals surface area contributed by atoms with Gasteiger partial charge in [0.2, 0.25) is 11.8 Å². The second-order valence-electron chi connectivity index (χ2n) is 14.1. The van der Waals surface area contributed by atoms with Gasteiger partial charge in [0.15, 0.2) is 5.82 Å². The number of hydrogen-bond acceptors (Lipinski definition) is 10. The summed E-state index contributed by atoms with van der Waals surface area (Å²) >= 11 is 0. The lowest BCUT2D eigenvalue weighted by atomic mass is 10.0. The van der Waals surface area contributed by atoms with E-state index in [9.17, 15) is 28.8 Å². The van der Waals surface area contributed by atoms with Crippen molar-refractivity contribution in [2.24, 2.45) is 0 Å². The third-order valence-electron chi connectivity index (χ3n) is 10.1. The average molecular weight is 711 g/mol. The Labute approximate surface area is 300 Å². The number of carbonyl (C=O) groups excluding carboxylic acids is 6. The molecule has 3 fully saturated rings. The number of fused-ring (bicyclic) bond motifs is 1. The van der Waals surface area contributed by atoms with Crippen LogP contribution >= 0.6 is 0 Å². The zero-order valence-corrected chi connectivity index (χ0v) is 29.1. The maximum Gasteiger partial charge on any atom is 0.407 e. The smallest absolute Gasteiger partial charge is 0.407 e. The van der Waals surface area contributed by atoms with E-state index in [4.69, 9.17) is 4.74 Å². The Morgan fingerprint density at radius 1 is 0.923 bits per heavy atom. The van der Waals surface area contributed by atoms with Crippen LogP contribution in [0, 0.1) is 0 Å². The van der Waals surface area contributed by atoms with Gasteiger partial charge in [-0.3, -0.25) is 44.2 Å². The number of H-pyrrole nitrogens is 1. The van der Waals surface area contributed by atoms with Gasteiger partial charge in [-0.15, -0.1) is 0 Å². The topological polar surface area (TPSA) is 186 Å². The number of aromatic nitrogens is 2. The van der Waals surface area contributed by atoms with Crippen molar-refractivity contribution in [2.75, 3.05) is 36.4 Å². The van der Waals surface area contributed by atoms with Crippen LogP contribution in [0.15, 0.2) is 48.5 Å². The third kappa shape index (κ3) is 7.40. The van der Waals surface area contributed by atoms with Gasteiger partial charge in [-0.1, -0.05) is 12.1 Å². The standard InChI is InChI=1S/C37H42N8O7/c1-21(2)38-37(51)52-26-9-7-24(17-26)29-19-31(42-41-29)39-33(47)23-5-3-22(4-6-23)20-43-13-15-44(16-14-43)25-8-10-27-28(18-25)36(50)45(35(27)49)30-11-12-32(46)40-34(30)48/h3-6,8,10,18-19,21,24,26,30H,7,9,11-17,20H2,1-2H3,(H,38,51)(H,40,46,48)(H2,39,41,42,47)/t24-,26+,30?/m0/s1. The van der Waals surface area contributed by atoms with Gasteiger partial charge in [0.1, 0.15) is 12.1 Å². The summed E-state index contributed by atoms with van der Waals surface area (Å²) in [6, 6.07) is 13.6. The number of anilines is 2. The number of imide groups is 2. The van der Waals surface area contributed by atoms with E-state index in [0.29, 0.717) is 37.4 Å². The van der Waals surface area contributed by atoms with Crippen LogP contribution in [0.2, 0.25) is 0 Å². The fraction of sp³-hybridized carbons (Fsp3) is 0.432. The summed E-state index contributed by atoms with van der Waals surface area (Å²) in [6.07, 6.45) is 1.97. The molecule has 0 bridgehead atoms. The molecule has 4 N–H and O–H groups in total. The fourth-order valence-electron chi connectivity index (χ4n) is 7.39. The first kappa shape index (κ1) is 34.9. The van der Waals surface area contributed by atoms with E-state index in [1.807, 2.05) is 38.1 Å². The van der Waals surface area contributed by atoms with Crippen molar-refractivity contribution >= 4 is 47.1 Å². The molecule has 15 nitrogen and oxygen atoms in total. The van der Waals surface area contributed by atoms with Crippen LogP contribution in [0.4, 0.5) is 16.3 Å². The van der Waals surface area contributed by atoms with Crippen LogP contribution in [0.5, 0.6) is 0 Å². The molecular formula is C37H42N8O7. The van der Waals surface area contributed by atoms with E-state index >= 15 is 0 Å². The molecule has 7 rings (SSSR count). The molecule has 1 aliphatic carbocycles. The van der Waals surface area contributed by atoms with E-state index in [0.717, 1.165) is 47.8 Å². The highest BCUT2D eigenvalue weighted by Crippen LogP contribution is 2.36. The second-order valence-corrected chi connectivity index (χ2v) is 14.1. The Kier molecular flexibility index (Phi) is 9.77. The molecule has 272 valence electrons. The third-order valence-corrected chi connectivity index (χ3v) is 10.1. The summed E-state index contributed by atoms with van der Waals surface area (Å²) < 4.78 is 5.53. The van der Waals surface area contributed by atoms with Gasteiger partial charge in [-0.2, -0.15) is 5.10 Å². The van der Waals surface area contributed by atoms with Crippen LogP contribution < -0.4 is 20.9 Å². The first-order valence-corrected chi connectivity index (χ1v) is 17.8. The molecule has 0 radical (unpaired) electrons. The van der Waals surface area contributed by atoms with E-state index < -0.39 is 35.8 Å². The number of alkyl carbamates (subject to hydrolysis) is 1. The van der Waals surface area contributed by atoms with Crippen molar-refractivity contribution in [2.45, 2.75) is 76.6 Å². The number of hydrogen-bond donors (Lipinski definition) is 4. The SMILES string of the molecule is CC(C)NC(=O)O[C@@H]1CC[C@H](c2cc(NC(=O)c3ccc(CN4CCN(c5ccc6c(c5)C(=O)N(C5CCC(=O)NC5=O)C6=O)CC4)cc3)n[nH]2)C1. The van der Waals surface area contributed by atoms with Gasteiger partial charge < -0.3 is 20.3 Å². The number of amides is 6. The molecule has 2 aromatic carbocycles. The Balaban J connectivity index is 0.879. The molecule has 52 heavy (non-hydrogen) atoms. The van der Waals surface area contributed by atoms with Crippen LogP contribution in [-0.2, 0) is 20.9 Å². The molecule has 0 spiro atoms. The van der Waals surface area contributed by atoms with E-state index in [1.54, 1.807) is 24.3 Å². The number of carbonyl (C=O) groups is 6. The summed E-state index contributed by atoms with van der Waals surface area (Å²) in [5.41, 5.74) is 3.86. The molecule has 1 aromatic heterocycles. The molecule has 4 aliphatic rings. The molecule has 1 unspecified atom stereocenters. The van der Waals surface area contributed by atoms with Crippen LogP contribution in [0.25, 0.3) is 0 Å². The van der Waals surface area contributed by atoms with Gasteiger partial charge in [-0.05, 0) is 75.4 Å². The molecular weight excluding hydrogens is 668 g/mol. The minimum atomic E-state index is -0.992. The zero-order valence-electron chi connectivity index (χ0n) is 29.1. The maximum absolute atomic E-state index is 13.3. The normalized spacial score (nSPS) is 22.1. The summed E-state index contributed by atoms with van der Waals surface area (Å²) in [4.78, 5) is 80.7. The van der Waals surface area contributed by atoms with Crippen molar-refractivity contribution in [1.29, 1.82) is 0 Å². The van der Waals surface area contributed by atoms with Crippen molar-refractivity contribution in [3.8, 4) is 0 Å². The molecule has 15 heteroatoms. The summed E-state index contributed by atoms with van der Waals surface area (Å²) in [7, 11) is 0. The van der Waals surface area contributed by atoms with Crippen LogP contribution in [0.1, 0.15) is 94.2 Å². The maximum atomic E-state index is 13.3. The lowest BCUT2D eigenvalue weighted by Crippen LogP contribution is -2.54. The summed E-state index contributed by atoms with van der Waals surface area (Å²) in [6.45, 7) is 7.46. The summed E-state index contributed by atoms with van der Waals surface area (Å²) in [5, 5.41) is 15.1. The van der Waals surface area contributed by atoms with E-state index in [2.05, 4.69) is 35.9 Å². The van der Waals surface area contributed by atoms with E-state index in [-0.39, 0.29) is 47.9 Å². The number of rotatable bonds is 9. The van der Waals surface area contributed by atoms with Crippen LogP contribution in [0.3, 0.4) is 0 Å². The first-order valence-electron chi connectivity index (χ1n) is 17.8. The molecule has 4 heterocycles. The molecule has 3 atom stereocenters. The van der Waals surface area contributed by atoms with Crippen molar-refractivity contribution in [3.05, 3.63) is 76.5 Å². The number of aromatic amines is 1. The highest BCUT2D eigenvalue weighted by molar-refractivity contribution is 6.23. The quantitative estimate of drug-likeness (QED) is 0.241. The number of ether oxygens (including phenoxy) is 1. The van der Waals surface area contributed by atoms with Gasteiger partial charge in [-0.25, -0.2) is 4.79 Å². The second kappa shape index (κ2) is 14.6. The number of piperidine rings is 1.